The van der Waals surface area contributed by atoms with Crippen molar-refractivity contribution in [3.05, 3.63) is 0 Å². The minimum Gasteiger partial charge on any atom is -0.388 e. The van der Waals surface area contributed by atoms with Crippen molar-refractivity contribution in [1.29, 1.82) is 5.41 Å². The molecule has 0 bridgehead atoms. The second-order valence-electron chi connectivity index (χ2n) is 3.95. The van der Waals surface area contributed by atoms with Crippen molar-refractivity contribution in [3.63, 3.8) is 0 Å². The van der Waals surface area contributed by atoms with Gasteiger partial charge in [-0.25, -0.2) is 0 Å². The van der Waals surface area contributed by atoms with Gasteiger partial charge in [-0.1, -0.05) is 19.6 Å². The third kappa shape index (κ3) is 1.77. The highest BCUT2D eigenvalue weighted by molar-refractivity contribution is 6.87. The van der Waals surface area contributed by atoms with Crippen molar-refractivity contribution < 1.29 is 5.11 Å². The average Bonchev–Trinajstić information content (AvgIpc) is 1.62. The van der Waals surface area contributed by atoms with E-state index in [1.54, 1.807) is 6.92 Å². The maximum Gasteiger partial charge on any atom is 0.0883 e. The molecule has 0 heterocycles. The molecule has 0 aliphatic carbocycles. The van der Waals surface area contributed by atoms with Crippen LogP contribution in [0.1, 0.15) is 6.92 Å². The van der Waals surface area contributed by atoms with Crippen LogP contribution in [0.25, 0.3) is 0 Å². The van der Waals surface area contributed by atoms with Crippen molar-refractivity contribution in [2.45, 2.75) is 31.8 Å². The first-order chi connectivity index (χ1) is 4.19. The molecule has 0 spiro atoms. The lowest BCUT2D eigenvalue weighted by atomic mass is 10.4. The van der Waals surface area contributed by atoms with Crippen LogP contribution in [-0.4, -0.2) is 34.0 Å². The highest BCUT2D eigenvalue weighted by Gasteiger charge is 2.38. The van der Waals surface area contributed by atoms with Gasteiger partial charge in [-0.2, -0.15) is 0 Å². The zero-order valence-corrected chi connectivity index (χ0v) is 10.4. The summed E-state index contributed by atoms with van der Waals surface area (Å²) < 4.78 is 0. The molecule has 0 aliphatic rings. The fourth-order valence-electron chi connectivity index (χ4n) is 0.562. The third-order valence-electron chi connectivity index (χ3n) is 2.19. The minimum atomic E-state index is -1.58. The number of hydrogen-bond acceptors (Lipinski definition) is 2. The molecular weight excluding hydrogens is 158 g/mol. The lowest BCUT2D eigenvalue weighted by Crippen LogP contribution is -2.55. The van der Waals surface area contributed by atoms with Gasteiger partial charge >= 0.3 is 0 Å². The van der Waals surface area contributed by atoms with Gasteiger partial charge in [0.1, 0.15) is 0 Å². The topological polar surface area (TPSA) is 44.1 Å². The van der Waals surface area contributed by atoms with Crippen LogP contribution < -0.4 is 0 Å². The van der Waals surface area contributed by atoms with Gasteiger partial charge in [-0.05, 0) is 6.92 Å². The summed E-state index contributed by atoms with van der Waals surface area (Å²) in [7, 11) is -0.906. The predicted molar refractivity (Wildman–Crippen MR) is 51.6 cm³/mol. The van der Waals surface area contributed by atoms with Gasteiger partial charge in [0.05, 0.1) is 23.5 Å². The first kappa shape index (κ1) is 10.1. The van der Waals surface area contributed by atoms with Crippen LogP contribution in [-0.2, 0) is 0 Å². The lowest BCUT2D eigenvalue weighted by Gasteiger charge is -2.34. The maximum absolute atomic E-state index is 9.80. The van der Waals surface area contributed by atoms with E-state index in [2.05, 4.69) is 19.6 Å². The summed E-state index contributed by atoms with van der Waals surface area (Å²) in [5, 5.41) is 16.9. The van der Waals surface area contributed by atoms with Gasteiger partial charge in [0, 0.05) is 5.33 Å². The smallest absolute Gasteiger partial charge is 0.0883 e. The van der Waals surface area contributed by atoms with E-state index in [9.17, 15) is 5.11 Å². The highest BCUT2D eigenvalue weighted by Crippen LogP contribution is 2.19. The number of aliphatic hydroxyl groups is 1. The largest absolute Gasteiger partial charge is 0.388 e. The molecule has 0 amide bonds. The summed E-state index contributed by atoms with van der Waals surface area (Å²) >= 11 is 0. The predicted octanol–water partition coefficient (Wildman–Crippen LogP) is -0.0425. The van der Waals surface area contributed by atoms with Crippen molar-refractivity contribution in [2.75, 3.05) is 0 Å². The molecule has 2 N–H and O–H groups in total. The molecular formula is C6H17NOSi2. The number of hydrogen-bond donors (Lipinski definition) is 2. The van der Waals surface area contributed by atoms with Crippen molar-refractivity contribution in [3.8, 4) is 0 Å². The fraction of sp³-hybridized carbons (Fsp3) is 0.833. The maximum atomic E-state index is 9.80. The molecule has 0 aliphatic heterocycles. The summed E-state index contributed by atoms with van der Waals surface area (Å²) in [5.41, 5.74) is 0. The van der Waals surface area contributed by atoms with Crippen molar-refractivity contribution in [2.24, 2.45) is 0 Å². The van der Waals surface area contributed by atoms with Crippen LogP contribution in [0.5, 0.6) is 0 Å². The Balaban J connectivity index is 4.57. The van der Waals surface area contributed by atoms with Crippen LogP contribution in [0.4, 0.5) is 0 Å². The van der Waals surface area contributed by atoms with Gasteiger partial charge in [0.25, 0.3) is 0 Å². The van der Waals surface area contributed by atoms with E-state index in [1.165, 1.54) is 0 Å². The van der Waals surface area contributed by atoms with E-state index >= 15 is 0 Å². The summed E-state index contributed by atoms with van der Waals surface area (Å²) in [4.78, 5) is 0. The molecule has 0 fully saturated rings. The quantitative estimate of drug-likeness (QED) is 0.449. The summed E-state index contributed by atoms with van der Waals surface area (Å²) in [6, 6.07) is 0. The Kier molecular flexibility index (Phi) is 2.61. The molecule has 2 nitrogen and oxygen atoms in total. The molecule has 4 heteroatoms. The Morgan fingerprint density at radius 1 is 1.50 bits per heavy atom. The first-order valence-corrected chi connectivity index (χ1v) is 7.97. The van der Waals surface area contributed by atoms with Crippen LogP contribution in [0.3, 0.4) is 0 Å². The second kappa shape index (κ2) is 2.60. The molecule has 0 saturated heterocycles. The number of rotatable bonds is 2. The van der Waals surface area contributed by atoms with E-state index in [0.29, 0.717) is 15.6 Å². The number of nitrogens with one attached hydrogen (secondary N) is 1. The molecule has 1 atom stereocenters. The van der Waals surface area contributed by atoms with Crippen LogP contribution in [0.2, 0.25) is 19.6 Å². The second-order valence-corrected chi connectivity index (χ2v) is 10.4. The Morgan fingerprint density at radius 3 is 1.80 bits per heavy atom. The molecule has 0 saturated carbocycles. The summed E-state index contributed by atoms with van der Waals surface area (Å²) in [5.74, 6) is 0. The van der Waals surface area contributed by atoms with E-state index in [-0.39, 0.29) is 0 Å². The molecule has 0 radical (unpaired) electrons. The van der Waals surface area contributed by atoms with Gasteiger partial charge in [-0.15, -0.1) is 0 Å². The van der Waals surface area contributed by atoms with Crippen molar-refractivity contribution >= 4 is 23.7 Å². The standard InChI is InChI=1S/C6H17NOSi2/c1-6(8,5(7)9)10(2,3)4/h7-8H,1-4,9H3. The Bertz CT molecular complexity index is 148. The molecule has 0 aromatic heterocycles. The van der Waals surface area contributed by atoms with E-state index < -0.39 is 13.3 Å². The van der Waals surface area contributed by atoms with Crippen LogP contribution in [0, 0.1) is 5.41 Å². The van der Waals surface area contributed by atoms with Gasteiger partial charge in [0.2, 0.25) is 0 Å². The molecule has 0 aromatic carbocycles. The van der Waals surface area contributed by atoms with E-state index in [0.717, 1.165) is 0 Å². The third-order valence-corrected chi connectivity index (χ3v) is 6.96. The first-order valence-electron chi connectivity index (χ1n) is 3.47. The monoisotopic (exact) mass is 175 g/mol. The summed E-state index contributed by atoms with van der Waals surface area (Å²) in [6.45, 7) is 8.02. The van der Waals surface area contributed by atoms with Gasteiger partial charge in [0.15, 0.2) is 0 Å². The molecule has 1 unspecified atom stereocenters. The van der Waals surface area contributed by atoms with Crippen LogP contribution >= 0.6 is 0 Å². The van der Waals surface area contributed by atoms with Crippen molar-refractivity contribution in [1.82, 2.24) is 0 Å². The van der Waals surface area contributed by atoms with Crippen LogP contribution in [0.15, 0.2) is 0 Å². The average molecular weight is 175 g/mol. The Labute approximate surface area is 66.6 Å². The molecule has 0 aromatic rings. The highest BCUT2D eigenvalue weighted by atomic mass is 28.3. The van der Waals surface area contributed by atoms with Gasteiger partial charge < -0.3 is 10.5 Å². The molecule has 10 heavy (non-hydrogen) atoms. The van der Waals surface area contributed by atoms with Gasteiger partial charge in [-0.3, -0.25) is 0 Å². The molecule has 0 rings (SSSR count). The molecule has 60 valence electrons. The Morgan fingerprint density at radius 2 is 1.80 bits per heavy atom. The zero-order chi connectivity index (χ0) is 8.58. The lowest BCUT2D eigenvalue weighted by molar-refractivity contribution is 0.209. The zero-order valence-electron chi connectivity index (χ0n) is 7.45. The minimum absolute atomic E-state index is 0.520. The summed E-state index contributed by atoms with van der Waals surface area (Å²) in [6.07, 6.45) is 0. The van der Waals surface area contributed by atoms with E-state index in [4.69, 9.17) is 5.41 Å². The fourth-order valence-corrected chi connectivity index (χ4v) is 3.94. The SMILES string of the molecule is CC(O)(C(=N)[SiH3])[Si](C)(C)C. The normalized spacial score (nSPS) is 18.5. The van der Waals surface area contributed by atoms with E-state index in [1.807, 2.05) is 0 Å². The Hall–Kier alpha value is 0.0638.